The number of non-ortho nitro benzene ring substituents is 2. The molecule has 0 aliphatic rings. The summed E-state index contributed by atoms with van der Waals surface area (Å²) in [6, 6.07) is 5.40. The molecule has 0 radical (unpaired) electrons. The first kappa shape index (κ1) is 16.5. The molecule has 26 heavy (non-hydrogen) atoms. The molecule has 0 atom stereocenters. The highest BCUT2D eigenvalue weighted by Gasteiger charge is 2.34. The lowest BCUT2D eigenvalue weighted by molar-refractivity contribution is -0.782. The molecule has 1 N–H and O–H groups in total. The number of nitro groups is 3. The third-order valence-corrected chi connectivity index (χ3v) is 3.36. The van der Waals surface area contributed by atoms with Crippen molar-refractivity contribution in [3.63, 3.8) is 0 Å². The number of nitrogens with zero attached hydrogens (tertiary/aromatic N) is 5. The maximum absolute atomic E-state index is 11.8. The molecule has 0 amide bonds. The van der Waals surface area contributed by atoms with Gasteiger partial charge in [-0.3, -0.25) is 35.0 Å². The smallest absolute Gasteiger partial charge is 0.334 e. The van der Waals surface area contributed by atoms with Gasteiger partial charge in [0.1, 0.15) is 6.07 Å². The molecule has 0 bridgehead atoms. The van der Waals surface area contributed by atoms with E-state index < -0.39 is 42.9 Å². The summed E-state index contributed by atoms with van der Waals surface area (Å²) in [6.45, 7) is 0. The minimum absolute atomic E-state index is 0.162. The van der Waals surface area contributed by atoms with Crippen LogP contribution in [-0.2, 0) is 0 Å². The topological polar surface area (TPSA) is 194 Å². The molecule has 3 aromatic rings. The minimum Gasteiger partial charge on any atom is -0.359 e. The standard InChI is InChI=1S/C12H6N6O8/c19-15(20)7-3-1-6(2-4-7)13-10-8(16(21)22)5-9(17(23)24)11-12(10)18(25)26-14-11/h1-5,13H. The van der Waals surface area contributed by atoms with E-state index in [0.29, 0.717) is 6.07 Å². The fourth-order valence-electron chi connectivity index (χ4n) is 2.23. The molecule has 3 rings (SSSR count). The predicted molar refractivity (Wildman–Crippen MR) is 82.7 cm³/mol. The molecule has 0 saturated carbocycles. The first-order valence-electron chi connectivity index (χ1n) is 6.66. The average Bonchev–Trinajstić information content (AvgIpc) is 2.97. The number of hydrogen-bond acceptors (Lipinski definition) is 10. The van der Waals surface area contributed by atoms with Crippen molar-refractivity contribution in [2.45, 2.75) is 0 Å². The van der Waals surface area contributed by atoms with Crippen LogP contribution in [0.4, 0.5) is 28.4 Å². The zero-order valence-electron chi connectivity index (χ0n) is 12.4. The van der Waals surface area contributed by atoms with E-state index in [4.69, 9.17) is 0 Å². The number of nitro benzene ring substituents is 3. The number of aromatic nitrogens is 2. The van der Waals surface area contributed by atoms with Gasteiger partial charge in [-0.15, -0.1) is 0 Å². The summed E-state index contributed by atoms with van der Waals surface area (Å²) in [5.41, 5.74) is -3.04. The van der Waals surface area contributed by atoms with E-state index in [1.54, 1.807) is 0 Å². The largest absolute Gasteiger partial charge is 0.359 e. The van der Waals surface area contributed by atoms with Crippen molar-refractivity contribution in [1.82, 2.24) is 5.16 Å². The summed E-state index contributed by atoms with van der Waals surface area (Å²) in [6.07, 6.45) is 0. The lowest BCUT2D eigenvalue weighted by Crippen LogP contribution is -2.24. The van der Waals surface area contributed by atoms with Crippen LogP contribution >= 0.6 is 0 Å². The van der Waals surface area contributed by atoms with Gasteiger partial charge in [0.25, 0.3) is 11.2 Å². The molecule has 0 aliphatic heterocycles. The van der Waals surface area contributed by atoms with Crippen molar-refractivity contribution < 1.29 is 24.3 Å². The number of anilines is 2. The third kappa shape index (κ3) is 2.66. The van der Waals surface area contributed by atoms with Crippen LogP contribution in [0.15, 0.2) is 35.0 Å². The highest BCUT2D eigenvalue weighted by molar-refractivity contribution is 5.98. The molecule has 0 fully saturated rings. The molecule has 1 heterocycles. The molecule has 1 aromatic heterocycles. The van der Waals surface area contributed by atoms with Gasteiger partial charge in [0.2, 0.25) is 0 Å². The highest BCUT2D eigenvalue weighted by Crippen LogP contribution is 2.38. The van der Waals surface area contributed by atoms with Gasteiger partial charge in [-0.1, -0.05) is 0 Å². The Morgan fingerprint density at radius 3 is 2.12 bits per heavy atom. The maximum Gasteiger partial charge on any atom is 0.334 e. The Morgan fingerprint density at radius 1 is 0.962 bits per heavy atom. The second kappa shape index (κ2) is 5.93. The quantitative estimate of drug-likeness (QED) is 0.398. The zero-order chi connectivity index (χ0) is 19.0. The summed E-state index contributed by atoms with van der Waals surface area (Å²) in [4.78, 5) is 30.3. The SMILES string of the molecule is O=[N+]([O-])c1ccc(Nc2c([N+](=O)[O-])cc([N+](=O)[O-])c3no[n+]([O-])c23)cc1. The van der Waals surface area contributed by atoms with Crippen molar-refractivity contribution >= 4 is 39.5 Å². The zero-order valence-corrected chi connectivity index (χ0v) is 12.4. The Morgan fingerprint density at radius 2 is 1.58 bits per heavy atom. The van der Waals surface area contributed by atoms with Crippen LogP contribution < -0.4 is 10.2 Å². The summed E-state index contributed by atoms with van der Waals surface area (Å²) in [5.74, 6) is 0. The van der Waals surface area contributed by atoms with E-state index >= 15 is 0 Å². The second-order valence-electron chi connectivity index (χ2n) is 4.86. The van der Waals surface area contributed by atoms with Crippen molar-refractivity contribution in [3.05, 3.63) is 65.9 Å². The normalized spacial score (nSPS) is 10.6. The summed E-state index contributed by atoms with van der Waals surface area (Å²) >= 11 is 0. The molecule has 0 aliphatic carbocycles. The van der Waals surface area contributed by atoms with E-state index in [-0.39, 0.29) is 16.3 Å². The number of hydrogen-bond donors (Lipinski definition) is 1. The van der Waals surface area contributed by atoms with Gasteiger partial charge >= 0.3 is 16.9 Å². The first-order chi connectivity index (χ1) is 12.3. The van der Waals surface area contributed by atoms with Crippen LogP contribution in [0.2, 0.25) is 0 Å². The summed E-state index contributed by atoms with van der Waals surface area (Å²) in [7, 11) is 0. The number of rotatable bonds is 5. The Kier molecular flexibility index (Phi) is 3.76. The Balaban J connectivity index is 2.20. The molecule has 14 nitrogen and oxygen atoms in total. The van der Waals surface area contributed by atoms with Crippen LogP contribution in [0.5, 0.6) is 0 Å². The van der Waals surface area contributed by atoms with Crippen molar-refractivity contribution in [1.29, 1.82) is 0 Å². The molecule has 0 spiro atoms. The molecule has 132 valence electrons. The second-order valence-corrected chi connectivity index (χ2v) is 4.86. The Hall–Kier alpha value is -4.36. The first-order valence-corrected chi connectivity index (χ1v) is 6.66. The summed E-state index contributed by atoms with van der Waals surface area (Å²) < 4.78 is 4.32. The van der Waals surface area contributed by atoms with Crippen molar-refractivity contribution in [3.8, 4) is 0 Å². The van der Waals surface area contributed by atoms with Gasteiger partial charge in [0.15, 0.2) is 5.69 Å². The van der Waals surface area contributed by atoms with Crippen molar-refractivity contribution in [2.24, 2.45) is 0 Å². The number of nitrogens with one attached hydrogen (secondary N) is 1. The van der Waals surface area contributed by atoms with Crippen LogP contribution in [0, 0.1) is 35.6 Å². The van der Waals surface area contributed by atoms with E-state index in [9.17, 15) is 35.6 Å². The molecule has 0 unspecified atom stereocenters. The van der Waals surface area contributed by atoms with Gasteiger partial charge in [-0.25, -0.2) is 0 Å². The van der Waals surface area contributed by atoms with Gasteiger partial charge < -0.3 is 10.5 Å². The highest BCUT2D eigenvalue weighted by atomic mass is 16.8. The van der Waals surface area contributed by atoms with Gasteiger partial charge in [-0.2, -0.15) is 0 Å². The third-order valence-electron chi connectivity index (χ3n) is 3.36. The number of fused-ring (bicyclic) bond motifs is 1. The number of benzene rings is 2. The van der Waals surface area contributed by atoms with Crippen LogP contribution in [-0.4, -0.2) is 19.9 Å². The summed E-state index contributed by atoms with van der Waals surface area (Å²) in [5, 5.41) is 50.6. The lowest BCUT2D eigenvalue weighted by Gasteiger charge is -2.06. The molecule has 0 saturated heterocycles. The Labute approximate surface area is 141 Å². The van der Waals surface area contributed by atoms with E-state index in [2.05, 4.69) is 15.1 Å². The average molecular weight is 362 g/mol. The molecule has 2 aromatic carbocycles. The van der Waals surface area contributed by atoms with E-state index in [1.165, 1.54) is 12.1 Å². The van der Waals surface area contributed by atoms with Gasteiger partial charge in [0.05, 0.1) is 19.9 Å². The molecular weight excluding hydrogens is 356 g/mol. The van der Waals surface area contributed by atoms with Crippen LogP contribution in [0.3, 0.4) is 0 Å². The lowest BCUT2D eigenvalue weighted by atomic mass is 10.2. The monoisotopic (exact) mass is 362 g/mol. The maximum atomic E-state index is 11.8. The van der Waals surface area contributed by atoms with Crippen LogP contribution in [0.25, 0.3) is 11.0 Å². The fourth-order valence-corrected chi connectivity index (χ4v) is 2.23. The van der Waals surface area contributed by atoms with Gasteiger partial charge in [-0.05, 0) is 17.0 Å². The molecule has 14 heteroatoms. The van der Waals surface area contributed by atoms with E-state index in [0.717, 1.165) is 12.1 Å². The minimum atomic E-state index is -0.937. The van der Waals surface area contributed by atoms with Gasteiger partial charge in [0, 0.05) is 17.8 Å². The molecular formula is C12H6N6O8. The Bertz CT molecular complexity index is 1060. The van der Waals surface area contributed by atoms with E-state index in [1.807, 2.05) is 0 Å². The van der Waals surface area contributed by atoms with Crippen LogP contribution in [0.1, 0.15) is 0 Å². The van der Waals surface area contributed by atoms with Crippen molar-refractivity contribution in [2.75, 3.05) is 5.32 Å². The fraction of sp³-hybridized carbons (Fsp3) is 0. The predicted octanol–water partition coefficient (Wildman–Crippen LogP) is 1.93.